The van der Waals surface area contributed by atoms with Crippen molar-refractivity contribution in [3.05, 3.63) is 64.4 Å². The number of nitrogens with zero attached hydrogens (tertiary/aromatic N) is 3. The standard InChI is InChI=1S/C24H27ClN4O4S/c1-5-16-7-10-18(11-8-16)33-15(3)22-27-28-24(29(22)6-2)34-14-21(30)26-20-13-17(23(31)32-4)9-12-19(20)25/h7-13,15H,5-6,14H2,1-4H3,(H,26,30). The Bertz CT molecular complexity index is 1150. The van der Waals surface area contributed by atoms with E-state index in [1.807, 2.05) is 42.7 Å². The summed E-state index contributed by atoms with van der Waals surface area (Å²) in [7, 11) is 1.29. The molecule has 1 heterocycles. The normalized spacial score (nSPS) is 11.7. The van der Waals surface area contributed by atoms with E-state index in [4.69, 9.17) is 21.1 Å². The van der Waals surface area contributed by atoms with Gasteiger partial charge in [0, 0.05) is 6.54 Å². The first kappa shape index (κ1) is 25.6. The van der Waals surface area contributed by atoms with Crippen molar-refractivity contribution in [3.63, 3.8) is 0 Å². The van der Waals surface area contributed by atoms with Gasteiger partial charge in [-0.05, 0) is 56.2 Å². The number of esters is 1. The van der Waals surface area contributed by atoms with E-state index in [1.54, 1.807) is 0 Å². The lowest BCUT2D eigenvalue weighted by molar-refractivity contribution is -0.113. The van der Waals surface area contributed by atoms with Gasteiger partial charge in [0.1, 0.15) is 5.75 Å². The highest BCUT2D eigenvalue weighted by Gasteiger charge is 2.20. The van der Waals surface area contributed by atoms with Gasteiger partial charge in [0.2, 0.25) is 5.91 Å². The fourth-order valence-corrected chi connectivity index (χ4v) is 4.22. The molecule has 1 amide bonds. The SMILES string of the molecule is CCc1ccc(OC(C)c2nnc(SCC(=O)Nc3cc(C(=O)OC)ccc3Cl)n2CC)cc1. The maximum absolute atomic E-state index is 12.5. The van der Waals surface area contributed by atoms with Crippen molar-refractivity contribution in [1.29, 1.82) is 0 Å². The monoisotopic (exact) mass is 502 g/mol. The second-order valence-corrected chi connectivity index (χ2v) is 8.72. The van der Waals surface area contributed by atoms with Crippen LogP contribution in [-0.4, -0.2) is 39.5 Å². The number of thioether (sulfide) groups is 1. The fraction of sp³-hybridized carbons (Fsp3) is 0.333. The van der Waals surface area contributed by atoms with E-state index in [9.17, 15) is 9.59 Å². The summed E-state index contributed by atoms with van der Waals surface area (Å²) in [4.78, 5) is 24.3. The predicted octanol–water partition coefficient (Wildman–Crippen LogP) is 5.17. The summed E-state index contributed by atoms with van der Waals surface area (Å²) < 4.78 is 12.7. The molecule has 3 rings (SSSR count). The molecule has 34 heavy (non-hydrogen) atoms. The zero-order valence-electron chi connectivity index (χ0n) is 19.5. The average molecular weight is 503 g/mol. The van der Waals surface area contributed by atoms with Crippen molar-refractivity contribution < 1.29 is 19.1 Å². The zero-order valence-corrected chi connectivity index (χ0v) is 21.1. The molecule has 180 valence electrons. The van der Waals surface area contributed by atoms with Crippen LogP contribution in [0.25, 0.3) is 0 Å². The van der Waals surface area contributed by atoms with Crippen molar-refractivity contribution >= 4 is 40.9 Å². The van der Waals surface area contributed by atoms with E-state index >= 15 is 0 Å². The molecule has 0 spiro atoms. The van der Waals surface area contributed by atoms with Crippen LogP contribution < -0.4 is 10.1 Å². The van der Waals surface area contributed by atoms with Gasteiger partial charge in [-0.2, -0.15) is 0 Å². The molecule has 8 nitrogen and oxygen atoms in total. The van der Waals surface area contributed by atoms with Gasteiger partial charge < -0.3 is 19.4 Å². The number of nitrogens with one attached hydrogen (secondary N) is 1. The molecule has 0 bridgehead atoms. The highest BCUT2D eigenvalue weighted by molar-refractivity contribution is 7.99. The Morgan fingerprint density at radius 1 is 1.15 bits per heavy atom. The molecule has 0 fully saturated rings. The summed E-state index contributed by atoms with van der Waals surface area (Å²) in [6, 6.07) is 12.5. The number of carbonyl (C=O) groups excluding carboxylic acids is 2. The number of aromatic nitrogens is 3. The Hall–Kier alpha value is -3.04. The zero-order chi connectivity index (χ0) is 24.7. The lowest BCUT2D eigenvalue weighted by Crippen LogP contribution is -2.16. The lowest BCUT2D eigenvalue weighted by Gasteiger charge is -2.16. The topological polar surface area (TPSA) is 95.3 Å². The van der Waals surface area contributed by atoms with E-state index in [0.717, 1.165) is 12.2 Å². The van der Waals surface area contributed by atoms with Gasteiger partial charge >= 0.3 is 5.97 Å². The molecule has 0 aliphatic rings. The average Bonchev–Trinajstić information content (AvgIpc) is 3.27. The Morgan fingerprint density at radius 3 is 2.53 bits per heavy atom. The molecule has 0 saturated carbocycles. The van der Waals surface area contributed by atoms with Gasteiger partial charge in [0.05, 0.1) is 29.1 Å². The Balaban J connectivity index is 1.64. The number of aryl methyl sites for hydroxylation is 1. The first-order chi connectivity index (χ1) is 16.4. The minimum Gasteiger partial charge on any atom is -0.483 e. The van der Waals surface area contributed by atoms with Crippen molar-refractivity contribution in [2.24, 2.45) is 0 Å². The van der Waals surface area contributed by atoms with E-state index in [-0.39, 0.29) is 17.8 Å². The van der Waals surface area contributed by atoms with Gasteiger partial charge in [-0.3, -0.25) is 4.79 Å². The van der Waals surface area contributed by atoms with Crippen LogP contribution in [0.4, 0.5) is 5.69 Å². The van der Waals surface area contributed by atoms with Crippen LogP contribution in [0.2, 0.25) is 5.02 Å². The third-order valence-electron chi connectivity index (χ3n) is 5.06. The summed E-state index contributed by atoms with van der Waals surface area (Å²) in [6.07, 6.45) is 0.653. The van der Waals surface area contributed by atoms with Crippen LogP contribution >= 0.6 is 23.4 Å². The molecule has 1 aromatic heterocycles. The molecule has 3 aromatic rings. The molecule has 1 unspecified atom stereocenters. The van der Waals surface area contributed by atoms with Crippen LogP contribution in [0.1, 0.15) is 48.6 Å². The number of halogens is 1. The van der Waals surface area contributed by atoms with E-state index in [0.29, 0.717) is 33.8 Å². The van der Waals surface area contributed by atoms with Crippen molar-refractivity contribution in [1.82, 2.24) is 14.8 Å². The van der Waals surface area contributed by atoms with E-state index < -0.39 is 5.97 Å². The Kier molecular flexibility index (Phi) is 8.95. The van der Waals surface area contributed by atoms with Crippen molar-refractivity contribution in [2.75, 3.05) is 18.2 Å². The van der Waals surface area contributed by atoms with Gasteiger partial charge in [0.25, 0.3) is 0 Å². The first-order valence-electron chi connectivity index (χ1n) is 10.8. The molecule has 2 aromatic carbocycles. The van der Waals surface area contributed by atoms with Crippen molar-refractivity contribution in [3.8, 4) is 5.75 Å². The molecule has 10 heteroatoms. The first-order valence-corrected chi connectivity index (χ1v) is 12.2. The number of amides is 1. The smallest absolute Gasteiger partial charge is 0.337 e. The lowest BCUT2D eigenvalue weighted by atomic mass is 10.2. The number of rotatable bonds is 10. The third-order valence-corrected chi connectivity index (χ3v) is 6.36. The second-order valence-electron chi connectivity index (χ2n) is 7.37. The van der Waals surface area contributed by atoms with Gasteiger partial charge in [-0.25, -0.2) is 4.79 Å². The number of anilines is 1. The molecular weight excluding hydrogens is 476 g/mol. The molecule has 0 aliphatic heterocycles. The minimum absolute atomic E-state index is 0.0879. The molecule has 0 aliphatic carbocycles. The van der Waals surface area contributed by atoms with E-state index in [2.05, 4.69) is 22.4 Å². The number of carbonyl (C=O) groups is 2. The number of benzene rings is 2. The molecular formula is C24H27ClN4O4S. The van der Waals surface area contributed by atoms with Crippen molar-refractivity contribution in [2.45, 2.75) is 45.0 Å². The quantitative estimate of drug-likeness (QED) is 0.302. The van der Waals surface area contributed by atoms with Gasteiger partial charge in [-0.1, -0.05) is 42.4 Å². The predicted molar refractivity (Wildman–Crippen MR) is 133 cm³/mol. The van der Waals surface area contributed by atoms with E-state index in [1.165, 1.54) is 42.6 Å². The second kappa shape index (κ2) is 11.9. The largest absolute Gasteiger partial charge is 0.483 e. The Labute approximate surface area is 208 Å². The summed E-state index contributed by atoms with van der Waals surface area (Å²) in [6.45, 7) is 6.64. The van der Waals surface area contributed by atoms with Gasteiger partial charge in [0.15, 0.2) is 17.1 Å². The Morgan fingerprint density at radius 2 is 1.88 bits per heavy atom. The highest BCUT2D eigenvalue weighted by atomic mass is 35.5. The summed E-state index contributed by atoms with van der Waals surface area (Å²) >= 11 is 7.42. The fourth-order valence-electron chi connectivity index (χ4n) is 3.25. The van der Waals surface area contributed by atoms with Gasteiger partial charge in [-0.15, -0.1) is 10.2 Å². The number of methoxy groups -OCH3 is 1. The maximum atomic E-state index is 12.5. The number of ether oxygens (including phenoxy) is 2. The molecule has 1 N–H and O–H groups in total. The van der Waals surface area contributed by atoms with Crippen LogP contribution in [0.5, 0.6) is 5.75 Å². The summed E-state index contributed by atoms with van der Waals surface area (Å²) in [5.41, 5.74) is 1.87. The summed E-state index contributed by atoms with van der Waals surface area (Å²) in [5.74, 6) is 0.725. The number of hydrogen-bond donors (Lipinski definition) is 1. The number of hydrogen-bond acceptors (Lipinski definition) is 7. The molecule has 0 radical (unpaired) electrons. The molecule has 0 saturated heterocycles. The molecule has 1 atom stereocenters. The highest BCUT2D eigenvalue weighted by Crippen LogP contribution is 2.26. The third kappa shape index (κ3) is 6.30. The minimum atomic E-state index is -0.511. The van der Waals surface area contributed by atoms with Crippen LogP contribution in [0.3, 0.4) is 0 Å². The maximum Gasteiger partial charge on any atom is 0.337 e. The van der Waals surface area contributed by atoms with Crippen LogP contribution in [-0.2, 0) is 22.5 Å². The van der Waals surface area contributed by atoms with Crippen LogP contribution in [0, 0.1) is 0 Å². The van der Waals surface area contributed by atoms with Crippen LogP contribution in [0.15, 0.2) is 47.6 Å². The summed E-state index contributed by atoms with van der Waals surface area (Å²) in [5, 5.41) is 12.2.